The van der Waals surface area contributed by atoms with Gasteiger partial charge in [-0.2, -0.15) is 0 Å². The quantitative estimate of drug-likeness (QED) is 0.780. The van der Waals surface area contributed by atoms with Crippen LogP contribution in [0.1, 0.15) is 23.6 Å². The fourth-order valence-corrected chi connectivity index (χ4v) is 2.43. The Morgan fingerprint density at radius 2 is 1.48 bits per heavy atom. The molecule has 2 rings (SSSR count). The molecule has 0 aliphatic rings. The summed E-state index contributed by atoms with van der Waals surface area (Å²) in [6.45, 7) is 0. The molecule has 0 unspecified atom stereocenters. The molecule has 2 aromatic rings. The van der Waals surface area contributed by atoms with Crippen molar-refractivity contribution in [3.8, 4) is 11.5 Å². The van der Waals surface area contributed by atoms with Crippen molar-refractivity contribution in [3.05, 3.63) is 59.7 Å². The van der Waals surface area contributed by atoms with Crippen molar-refractivity contribution >= 4 is 11.9 Å². The van der Waals surface area contributed by atoms with Crippen molar-refractivity contribution in [1.82, 2.24) is 5.32 Å². The zero-order chi connectivity index (χ0) is 18.2. The third-order valence-corrected chi connectivity index (χ3v) is 3.75. The number of methoxy groups -OCH3 is 2. The molecule has 0 fully saturated rings. The highest BCUT2D eigenvalue weighted by Crippen LogP contribution is 2.20. The van der Waals surface area contributed by atoms with Crippen molar-refractivity contribution in [1.29, 1.82) is 0 Å². The minimum atomic E-state index is -1.23. The molecule has 0 aliphatic heterocycles. The molecular weight excluding hydrogens is 322 g/mol. The van der Waals surface area contributed by atoms with E-state index in [1.807, 2.05) is 0 Å². The van der Waals surface area contributed by atoms with E-state index in [0.29, 0.717) is 17.1 Å². The second-order valence-corrected chi connectivity index (χ2v) is 5.49. The standard InChI is InChI=1S/C19H21NO5/c1-24-15-7-3-13(4-8-15)11-18(21)20-17(12-19(22)23)14-5-9-16(25-2)10-6-14/h3-10,17H,11-12H2,1-2H3,(H,20,21)(H,22,23)/p-1/t17-/m1/s1. The lowest BCUT2D eigenvalue weighted by Gasteiger charge is -2.20. The number of benzene rings is 2. The molecule has 0 radical (unpaired) electrons. The van der Waals surface area contributed by atoms with Crippen molar-refractivity contribution in [2.75, 3.05) is 14.2 Å². The monoisotopic (exact) mass is 342 g/mol. The second kappa shape index (κ2) is 8.73. The first-order chi connectivity index (χ1) is 12.0. The number of amides is 1. The number of aliphatic carboxylic acids is 1. The predicted octanol–water partition coefficient (Wildman–Crippen LogP) is 1.24. The highest BCUT2D eigenvalue weighted by molar-refractivity contribution is 5.79. The van der Waals surface area contributed by atoms with Crippen LogP contribution in [-0.2, 0) is 16.0 Å². The van der Waals surface area contributed by atoms with Crippen LogP contribution in [0.4, 0.5) is 0 Å². The highest BCUT2D eigenvalue weighted by Gasteiger charge is 2.15. The summed E-state index contributed by atoms with van der Waals surface area (Å²) in [5.41, 5.74) is 1.48. The molecule has 0 aromatic heterocycles. The Morgan fingerprint density at radius 3 is 1.96 bits per heavy atom. The summed E-state index contributed by atoms with van der Waals surface area (Å²) in [6.07, 6.45) is -0.162. The van der Waals surface area contributed by atoms with Crippen LogP contribution in [0.2, 0.25) is 0 Å². The van der Waals surface area contributed by atoms with E-state index in [1.165, 1.54) is 0 Å². The molecule has 1 atom stereocenters. The summed E-state index contributed by atoms with van der Waals surface area (Å²) in [5.74, 6) is -0.143. The molecule has 1 N–H and O–H groups in total. The zero-order valence-electron chi connectivity index (χ0n) is 14.2. The number of carboxylic acid groups (broad SMARTS) is 1. The lowest BCUT2D eigenvalue weighted by atomic mass is 10.0. The van der Waals surface area contributed by atoms with Gasteiger partial charge in [-0.1, -0.05) is 24.3 Å². The van der Waals surface area contributed by atoms with Crippen molar-refractivity contribution in [2.45, 2.75) is 18.9 Å². The molecule has 0 saturated heterocycles. The van der Waals surface area contributed by atoms with Crippen LogP contribution in [-0.4, -0.2) is 26.1 Å². The molecule has 0 heterocycles. The van der Waals surface area contributed by atoms with Gasteiger partial charge in [-0.3, -0.25) is 4.79 Å². The van der Waals surface area contributed by atoms with E-state index < -0.39 is 12.0 Å². The first-order valence-corrected chi connectivity index (χ1v) is 7.78. The van der Waals surface area contributed by atoms with Crippen LogP contribution in [0.5, 0.6) is 11.5 Å². The highest BCUT2D eigenvalue weighted by atomic mass is 16.5. The Hall–Kier alpha value is -3.02. The van der Waals surface area contributed by atoms with Gasteiger partial charge in [-0.05, 0) is 35.4 Å². The number of rotatable bonds is 8. The Labute approximate surface area is 146 Å². The largest absolute Gasteiger partial charge is 0.550 e. The fourth-order valence-electron chi connectivity index (χ4n) is 2.43. The molecule has 6 nitrogen and oxygen atoms in total. The smallest absolute Gasteiger partial charge is 0.224 e. The average molecular weight is 342 g/mol. The lowest BCUT2D eigenvalue weighted by Crippen LogP contribution is -2.35. The van der Waals surface area contributed by atoms with Gasteiger partial charge < -0.3 is 24.7 Å². The zero-order valence-corrected chi connectivity index (χ0v) is 14.2. The molecule has 132 valence electrons. The first kappa shape index (κ1) is 18.3. The maximum atomic E-state index is 12.3. The number of nitrogens with one attached hydrogen (secondary N) is 1. The molecule has 0 saturated carbocycles. The van der Waals surface area contributed by atoms with E-state index in [0.717, 1.165) is 5.56 Å². The van der Waals surface area contributed by atoms with Gasteiger partial charge in [0.1, 0.15) is 11.5 Å². The van der Waals surface area contributed by atoms with E-state index in [1.54, 1.807) is 62.8 Å². The SMILES string of the molecule is COc1ccc(CC(=O)N[C@H](CC(=O)[O-])c2ccc(OC)cc2)cc1. The van der Waals surface area contributed by atoms with Gasteiger partial charge in [-0.15, -0.1) is 0 Å². The average Bonchev–Trinajstić information content (AvgIpc) is 2.61. The van der Waals surface area contributed by atoms with Crippen LogP contribution in [0.25, 0.3) is 0 Å². The maximum Gasteiger partial charge on any atom is 0.224 e. The Balaban J connectivity index is 2.06. The third kappa shape index (κ3) is 5.53. The number of ether oxygens (including phenoxy) is 2. The summed E-state index contributed by atoms with van der Waals surface area (Å²) < 4.78 is 10.2. The Morgan fingerprint density at radius 1 is 0.960 bits per heavy atom. The predicted molar refractivity (Wildman–Crippen MR) is 90.2 cm³/mol. The van der Waals surface area contributed by atoms with Crippen LogP contribution < -0.4 is 19.9 Å². The number of hydrogen-bond acceptors (Lipinski definition) is 5. The molecule has 0 spiro atoms. The van der Waals surface area contributed by atoms with Gasteiger partial charge in [-0.25, -0.2) is 0 Å². The van der Waals surface area contributed by atoms with Gasteiger partial charge in [0.15, 0.2) is 0 Å². The maximum absolute atomic E-state index is 12.3. The van der Waals surface area contributed by atoms with Crippen LogP contribution in [0, 0.1) is 0 Å². The number of carbonyl (C=O) groups excluding carboxylic acids is 2. The van der Waals surface area contributed by atoms with E-state index in [4.69, 9.17) is 9.47 Å². The van der Waals surface area contributed by atoms with Crippen LogP contribution in [0.3, 0.4) is 0 Å². The molecule has 2 aromatic carbocycles. The van der Waals surface area contributed by atoms with Crippen LogP contribution >= 0.6 is 0 Å². The van der Waals surface area contributed by atoms with Crippen molar-refractivity contribution in [3.63, 3.8) is 0 Å². The van der Waals surface area contributed by atoms with Crippen molar-refractivity contribution < 1.29 is 24.2 Å². The minimum absolute atomic E-state index is 0.143. The van der Waals surface area contributed by atoms with E-state index in [9.17, 15) is 14.7 Å². The van der Waals surface area contributed by atoms with E-state index >= 15 is 0 Å². The minimum Gasteiger partial charge on any atom is -0.550 e. The van der Waals surface area contributed by atoms with Gasteiger partial charge in [0.05, 0.1) is 26.7 Å². The number of carboxylic acids is 1. The van der Waals surface area contributed by atoms with E-state index in [2.05, 4.69) is 5.32 Å². The second-order valence-electron chi connectivity index (χ2n) is 5.49. The molecule has 0 aliphatic carbocycles. The Bertz CT molecular complexity index is 710. The number of carbonyl (C=O) groups is 2. The summed E-state index contributed by atoms with van der Waals surface area (Å²) in [5, 5.41) is 13.8. The van der Waals surface area contributed by atoms with Gasteiger partial charge in [0.25, 0.3) is 0 Å². The van der Waals surface area contributed by atoms with E-state index in [-0.39, 0.29) is 18.7 Å². The summed E-state index contributed by atoms with van der Waals surface area (Å²) in [7, 11) is 3.12. The number of hydrogen-bond donors (Lipinski definition) is 1. The lowest BCUT2D eigenvalue weighted by molar-refractivity contribution is -0.306. The fraction of sp³-hybridized carbons (Fsp3) is 0.263. The van der Waals surface area contributed by atoms with Gasteiger partial charge >= 0.3 is 0 Å². The third-order valence-electron chi connectivity index (χ3n) is 3.75. The summed E-state index contributed by atoms with van der Waals surface area (Å²) in [6, 6.07) is 13.3. The molecule has 0 bridgehead atoms. The van der Waals surface area contributed by atoms with Gasteiger partial charge in [0.2, 0.25) is 5.91 Å². The Kier molecular flexibility index (Phi) is 6.39. The summed E-state index contributed by atoms with van der Waals surface area (Å²) in [4.78, 5) is 23.3. The summed E-state index contributed by atoms with van der Waals surface area (Å²) >= 11 is 0. The molecular formula is C19H20NO5-. The topological polar surface area (TPSA) is 87.7 Å². The molecule has 1 amide bonds. The van der Waals surface area contributed by atoms with Crippen LogP contribution in [0.15, 0.2) is 48.5 Å². The van der Waals surface area contributed by atoms with Gasteiger partial charge in [0, 0.05) is 12.4 Å². The molecule has 6 heteroatoms. The van der Waals surface area contributed by atoms with Crippen molar-refractivity contribution in [2.24, 2.45) is 0 Å². The first-order valence-electron chi connectivity index (χ1n) is 7.78. The molecule has 25 heavy (non-hydrogen) atoms. The normalized spacial score (nSPS) is 11.4.